The number of hydrogen-bond acceptors (Lipinski definition) is 4. The zero-order chi connectivity index (χ0) is 15.0. The molecular formula is C16H15NO4. The van der Waals surface area contributed by atoms with Gasteiger partial charge in [-0.3, -0.25) is 4.98 Å². The van der Waals surface area contributed by atoms with Crippen molar-refractivity contribution < 1.29 is 14.3 Å². The number of H-pyrrole nitrogens is 1. The lowest BCUT2D eigenvalue weighted by Gasteiger charge is -2.15. The van der Waals surface area contributed by atoms with E-state index in [1.807, 2.05) is 25.1 Å². The lowest BCUT2D eigenvalue weighted by Crippen LogP contribution is -2.02. The van der Waals surface area contributed by atoms with Gasteiger partial charge in [0.15, 0.2) is 5.58 Å². The van der Waals surface area contributed by atoms with E-state index in [1.165, 1.54) is 0 Å². The smallest absolute Gasteiger partial charge is 0.417 e. The predicted octanol–water partition coefficient (Wildman–Crippen LogP) is 2.52. The second kappa shape index (κ2) is 5.10. The summed E-state index contributed by atoms with van der Waals surface area (Å²) in [5, 5.41) is 10.6. The number of nitrogens with one attached hydrogen (secondary N) is 1. The van der Waals surface area contributed by atoms with E-state index in [4.69, 9.17) is 9.15 Å². The molecule has 0 spiro atoms. The Labute approximate surface area is 120 Å². The molecule has 1 atom stereocenters. The highest BCUT2D eigenvalue weighted by Crippen LogP contribution is 2.31. The molecule has 0 aliphatic rings. The molecule has 3 aromatic rings. The van der Waals surface area contributed by atoms with Gasteiger partial charge in [0.05, 0.1) is 12.6 Å². The summed E-state index contributed by atoms with van der Waals surface area (Å²) in [4.78, 5) is 13.7. The van der Waals surface area contributed by atoms with Crippen LogP contribution in [0, 0.1) is 6.92 Å². The number of fused-ring (bicyclic) bond motifs is 1. The molecular weight excluding hydrogens is 270 g/mol. The predicted molar refractivity (Wildman–Crippen MR) is 78.6 cm³/mol. The van der Waals surface area contributed by atoms with Crippen molar-refractivity contribution >= 4 is 11.1 Å². The van der Waals surface area contributed by atoms with Gasteiger partial charge in [-0.05, 0) is 36.8 Å². The Kier molecular flexibility index (Phi) is 3.27. The van der Waals surface area contributed by atoms with Crippen LogP contribution in [0.4, 0.5) is 0 Å². The van der Waals surface area contributed by atoms with Gasteiger partial charge in [0, 0.05) is 5.56 Å². The number of methoxy groups -OCH3 is 1. The van der Waals surface area contributed by atoms with E-state index in [-0.39, 0.29) is 0 Å². The standard InChI is InChI=1S/C16H15NO4/c1-9-3-6-13(20-2)11(7-9)15(18)10-4-5-12-14(8-10)21-16(19)17-12/h3-8,15,18H,1-2H3,(H,17,19). The monoisotopic (exact) mass is 285 g/mol. The fourth-order valence-electron chi connectivity index (χ4n) is 2.38. The summed E-state index contributed by atoms with van der Waals surface area (Å²) in [5.41, 5.74) is 3.36. The van der Waals surface area contributed by atoms with Crippen LogP contribution in [0.1, 0.15) is 22.8 Å². The van der Waals surface area contributed by atoms with Crippen molar-refractivity contribution in [3.63, 3.8) is 0 Å². The molecule has 0 radical (unpaired) electrons. The average Bonchev–Trinajstić information content (AvgIpc) is 2.85. The quantitative estimate of drug-likeness (QED) is 0.775. The third-order valence-electron chi connectivity index (χ3n) is 3.44. The van der Waals surface area contributed by atoms with Crippen LogP contribution in [0.25, 0.3) is 11.1 Å². The lowest BCUT2D eigenvalue weighted by atomic mass is 9.99. The zero-order valence-electron chi connectivity index (χ0n) is 11.7. The summed E-state index contributed by atoms with van der Waals surface area (Å²) in [6, 6.07) is 10.7. The zero-order valence-corrected chi connectivity index (χ0v) is 11.7. The molecule has 21 heavy (non-hydrogen) atoms. The van der Waals surface area contributed by atoms with Crippen LogP contribution < -0.4 is 10.5 Å². The molecule has 5 heteroatoms. The highest BCUT2D eigenvalue weighted by molar-refractivity contribution is 5.73. The molecule has 0 fully saturated rings. The van der Waals surface area contributed by atoms with Crippen molar-refractivity contribution in [2.24, 2.45) is 0 Å². The summed E-state index contributed by atoms with van der Waals surface area (Å²) >= 11 is 0. The Morgan fingerprint density at radius 3 is 2.81 bits per heavy atom. The number of benzene rings is 2. The number of aryl methyl sites for hydroxylation is 1. The van der Waals surface area contributed by atoms with Crippen LogP contribution in [0.15, 0.2) is 45.6 Å². The van der Waals surface area contributed by atoms with E-state index >= 15 is 0 Å². The van der Waals surface area contributed by atoms with Crippen molar-refractivity contribution in [2.45, 2.75) is 13.0 Å². The molecule has 0 saturated heterocycles. The summed E-state index contributed by atoms with van der Waals surface area (Å²) in [6.07, 6.45) is -0.857. The van der Waals surface area contributed by atoms with Crippen LogP contribution in [-0.4, -0.2) is 17.2 Å². The molecule has 0 aliphatic carbocycles. The third kappa shape index (κ3) is 2.43. The molecule has 2 aromatic carbocycles. The SMILES string of the molecule is COc1ccc(C)cc1C(O)c1ccc2[nH]c(=O)oc2c1. The highest BCUT2D eigenvalue weighted by Gasteiger charge is 2.17. The van der Waals surface area contributed by atoms with Crippen LogP contribution in [0.3, 0.4) is 0 Å². The first-order chi connectivity index (χ1) is 10.1. The summed E-state index contributed by atoms with van der Waals surface area (Å²) in [7, 11) is 1.56. The Morgan fingerprint density at radius 1 is 1.24 bits per heavy atom. The number of hydrogen-bond donors (Lipinski definition) is 2. The van der Waals surface area contributed by atoms with Gasteiger partial charge in [-0.1, -0.05) is 17.7 Å². The van der Waals surface area contributed by atoms with Gasteiger partial charge in [0.2, 0.25) is 0 Å². The Hall–Kier alpha value is -2.53. The van der Waals surface area contributed by atoms with E-state index in [2.05, 4.69) is 4.98 Å². The van der Waals surface area contributed by atoms with Gasteiger partial charge in [0.25, 0.3) is 0 Å². The Bertz CT molecular complexity index is 847. The van der Waals surface area contributed by atoms with Crippen LogP contribution >= 0.6 is 0 Å². The molecule has 108 valence electrons. The maximum absolute atomic E-state index is 11.2. The van der Waals surface area contributed by atoms with Gasteiger partial charge >= 0.3 is 5.76 Å². The molecule has 0 aliphatic heterocycles. The van der Waals surface area contributed by atoms with Crippen molar-refractivity contribution in [3.8, 4) is 5.75 Å². The maximum Gasteiger partial charge on any atom is 0.417 e. The number of aromatic amines is 1. The molecule has 0 saturated carbocycles. The van der Waals surface area contributed by atoms with Gasteiger partial charge < -0.3 is 14.3 Å². The molecule has 1 unspecified atom stereocenters. The van der Waals surface area contributed by atoms with E-state index in [0.29, 0.717) is 28.0 Å². The third-order valence-corrected chi connectivity index (χ3v) is 3.44. The van der Waals surface area contributed by atoms with Crippen molar-refractivity contribution in [2.75, 3.05) is 7.11 Å². The second-order valence-corrected chi connectivity index (χ2v) is 4.92. The first-order valence-corrected chi connectivity index (χ1v) is 6.54. The Balaban J connectivity index is 2.09. The minimum absolute atomic E-state index is 0.420. The summed E-state index contributed by atoms with van der Waals surface area (Å²) in [6.45, 7) is 1.95. The number of oxazole rings is 1. The van der Waals surface area contributed by atoms with E-state index < -0.39 is 11.9 Å². The average molecular weight is 285 g/mol. The minimum Gasteiger partial charge on any atom is -0.496 e. The van der Waals surface area contributed by atoms with E-state index in [0.717, 1.165) is 5.56 Å². The summed E-state index contributed by atoms with van der Waals surface area (Å²) in [5.74, 6) is 0.105. The fourth-order valence-corrected chi connectivity index (χ4v) is 2.38. The molecule has 0 bridgehead atoms. The number of aliphatic hydroxyl groups is 1. The van der Waals surface area contributed by atoms with Crippen LogP contribution in [0.2, 0.25) is 0 Å². The molecule has 1 heterocycles. The van der Waals surface area contributed by atoms with Crippen LogP contribution in [0.5, 0.6) is 5.75 Å². The van der Waals surface area contributed by atoms with E-state index in [9.17, 15) is 9.90 Å². The van der Waals surface area contributed by atoms with Gasteiger partial charge in [0.1, 0.15) is 11.9 Å². The molecule has 0 amide bonds. The van der Waals surface area contributed by atoms with Crippen molar-refractivity contribution in [3.05, 3.63) is 63.6 Å². The van der Waals surface area contributed by atoms with Gasteiger partial charge in [-0.15, -0.1) is 0 Å². The highest BCUT2D eigenvalue weighted by atomic mass is 16.5. The molecule has 1 aromatic heterocycles. The largest absolute Gasteiger partial charge is 0.496 e. The normalized spacial score (nSPS) is 12.5. The Morgan fingerprint density at radius 2 is 2.05 bits per heavy atom. The lowest BCUT2D eigenvalue weighted by molar-refractivity contribution is 0.214. The molecule has 5 nitrogen and oxygen atoms in total. The number of ether oxygens (including phenoxy) is 1. The topological polar surface area (TPSA) is 75.5 Å². The van der Waals surface area contributed by atoms with Gasteiger partial charge in [-0.25, -0.2) is 4.79 Å². The number of rotatable bonds is 3. The number of aromatic nitrogens is 1. The van der Waals surface area contributed by atoms with Crippen molar-refractivity contribution in [1.82, 2.24) is 4.98 Å². The maximum atomic E-state index is 11.2. The van der Waals surface area contributed by atoms with Crippen molar-refractivity contribution in [1.29, 1.82) is 0 Å². The molecule has 3 rings (SSSR count). The summed E-state index contributed by atoms with van der Waals surface area (Å²) < 4.78 is 10.3. The minimum atomic E-state index is -0.857. The number of aliphatic hydroxyl groups excluding tert-OH is 1. The van der Waals surface area contributed by atoms with Crippen LogP contribution in [-0.2, 0) is 0 Å². The molecule has 2 N–H and O–H groups in total. The fraction of sp³-hybridized carbons (Fsp3) is 0.188. The second-order valence-electron chi connectivity index (χ2n) is 4.92. The van der Waals surface area contributed by atoms with E-state index in [1.54, 1.807) is 25.3 Å². The van der Waals surface area contributed by atoms with Gasteiger partial charge in [-0.2, -0.15) is 0 Å². The first-order valence-electron chi connectivity index (χ1n) is 6.54. The first kappa shape index (κ1) is 13.5.